The van der Waals surface area contributed by atoms with Crippen LogP contribution in [-0.4, -0.2) is 13.7 Å². The van der Waals surface area contributed by atoms with Crippen molar-refractivity contribution >= 4 is 0 Å². The Balaban J connectivity index is 0. The molecular formula is C9H22O. The zero-order valence-electron chi connectivity index (χ0n) is 8.32. The number of hydrogen-bond acceptors (Lipinski definition) is 1. The summed E-state index contributed by atoms with van der Waals surface area (Å²) in [6, 6.07) is 0. The van der Waals surface area contributed by atoms with Crippen molar-refractivity contribution in [3.63, 3.8) is 0 Å². The van der Waals surface area contributed by atoms with Gasteiger partial charge in [0.2, 0.25) is 0 Å². The molecule has 0 amide bonds. The van der Waals surface area contributed by atoms with Gasteiger partial charge in [-0.05, 0) is 11.8 Å². The zero-order valence-corrected chi connectivity index (χ0v) is 8.32. The van der Waals surface area contributed by atoms with Gasteiger partial charge in [0.25, 0.3) is 0 Å². The summed E-state index contributed by atoms with van der Waals surface area (Å²) in [4.78, 5) is 0. The average Bonchev–Trinajstić information content (AvgIpc) is 1.87. The molecule has 64 valence electrons. The summed E-state index contributed by atoms with van der Waals surface area (Å²) >= 11 is 0. The van der Waals surface area contributed by atoms with Crippen LogP contribution in [0.1, 0.15) is 41.0 Å². The standard InChI is InChI=1S/C7H16O.C2H6/c1-7(2,3)5-6-8-4;1-2/h5-6H2,1-4H3;1-2H3. The van der Waals surface area contributed by atoms with Crippen LogP contribution in [0.2, 0.25) is 0 Å². The SMILES string of the molecule is CC.COCCC(C)(C)C. The van der Waals surface area contributed by atoms with Crippen LogP contribution in [0.3, 0.4) is 0 Å². The largest absolute Gasteiger partial charge is 0.385 e. The van der Waals surface area contributed by atoms with E-state index in [2.05, 4.69) is 20.8 Å². The van der Waals surface area contributed by atoms with Crippen molar-refractivity contribution in [2.24, 2.45) is 5.41 Å². The van der Waals surface area contributed by atoms with E-state index >= 15 is 0 Å². The number of hydrogen-bond donors (Lipinski definition) is 0. The van der Waals surface area contributed by atoms with E-state index in [9.17, 15) is 0 Å². The van der Waals surface area contributed by atoms with Gasteiger partial charge in [-0.25, -0.2) is 0 Å². The molecule has 0 bridgehead atoms. The van der Waals surface area contributed by atoms with Crippen molar-refractivity contribution in [3.05, 3.63) is 0 Å². The van der Waals surface area contributed by atoms with Crippen LogP contribution in [0, 0.1) is 5.41 Å². The summed E-state index contributed by atoms with van der Waals surface area (Å²) in [5.41, 5.74) is 0.427. The molecule has 0 N–H and O–H groups in total. The predicted molar refractivity (Wildman–Crippen MR) is 47.3 cm³/mol. The molecule has 0 saturated heterocycles. The van der Waals surface area contributed by atoms with E-state index in [4.69, 9.17) is 4.74 Å². The second-order valence-electron chi connectivity index (χ2n) is 3.30. The van der Waals surface area contributed by atoms with E-state index in [0.717, 1.165) is 13.0 Å². The lowest BCUT2D eigenvalue weighted by Gasteiger charge is -2.16. The maximum Gasteiger partial charge on any atom is 0.0467 e. The third-order valence-corrected chi connectivity index (χ3v) is 1.06. The van der Waals surface area contributed by atoms with E-state index in [-0.39, 0.29) is 0 Å². The monoisotopic (exact) mass is 146 g/mol. The van der Waals surface area contributed by atoms with Crippen molar-refractivity contribution in [2.45, 2.75) is 41.0 Å². The van der Waals surface area contributed by atoms with E-state index in [1.54, 1.807) is 7.11 Å². The minimum absolute atomic E-state index is 0.427. The molecule has 0 atom stereocenters. The smallest absolute Gasteiger partial charge is 0.0467 e. The summed E-state index contributed by atoms with van der Waals surface area (Å²) in [6.07, 6.45) is 1.14. The third kappa shape index (κ3) is 15.7. The molecule has 0 fully saturated rings. The molecule has 1 heteroatoms. The maximum absolute atomic E-state index is 4.92. The Morgan fingerprint density at radius 2 is 1.50 bits per heavy atom. The number of methoxy groups -OCH3 is 1. The van der Waals surface area contributed by atoms with E-state index in [1.165, 1.54) is 0 Å². The third-order valence-electron chi connectivity index (χ3n) is 1.06. The molecule has 10 heavy (non-hydrogen) atoms. The first-order valence-corrected chi connectivity index (χ1v) is 4.05. The van der Waals surface area contributed by atoms with Crippen LogP contribution < -0.4 is 0 Å². The highest BCUT2D eigenvalue weighted by atomic mass is 16.5. The van der Waals surface area contributed by atoms with Crippen LogP contribution in [0.15, 0.2) is 0 Å². The Labute approximate surface area is 65.8 Å². The second kappa shape index (κ2) is 7.07. The Kier molecular flexibility index (Phi) is 8.92. The molecule has 0 aliphatic heterocycles. The lowest BCUT2D eigenvalue weighted by molar-refractivity contribution is 0.159. The fourth-order valence-corrected chi connectivity index (χ4v) is 0.408. The molecule has 0 spiro atoms. The first kappa shape index (κ1) is 12.6. The van der Waals surface area contributed by atoms with Gasteiger partial charge in [-0.2, -0.15) is 0 Å². The van der Waals surface area contributed by atoms with Gasteiger partial charge in [0.05, 0.1) is 0 Å². The van der Waals surface area contributed by atoms with Gasteiger partial charge in [0.15, 0.2) is 0 Å². The Morgan fingerprint density at radius 3 is 1.60 bits per heavy atom. The zero-order chi connectivity index (χ0) is 8.62. The van der Waals surface area contributed by atoms with Crippen LogP contribution >= 0.6 is 0 Å². The Bertz CT molecular complexity index is 52.2. The highest BCUT2D eigenvalue weighted by molar-refractivity contribution is 4.59. The fraction of sp³-hybridized carbons (Fsp3) is 1.00. The Hall–Kier alpha value is -0.0400. The van der Waals surface area contributed by atoms with Crippen LogP contribution in [0.5, 0.6) is 0 Å². The van der Waals surface area contributed by atoms with Crippen LogP contribution in [0.25, 0.3) is 0 Å². The molecule has 0 aromatic carbocycles. The first-order valence-electron chi connectivity index (χ1n) is 4.05. The predicted octanol–water partition coefficient (Wildman–Crippen LogP) is 3.10. The highest BCUT2D eigenvalue weighted by Crippen LogP contribution is 2.17. The molecule has 1 nitrogen and oxygen atoms in total. The molecule has 0 unspecified atom stereocenters. The lowest BCUT2D eigenvalue weighted by atomic mass is 9.93. The fourth-order valence-electron chi connectivity index (χ4n) is 0.408. The quantitative estimate of drug-likeness (QED) is 0.581. The van der Waals surface area contributed by atoms with Crippen molar-refractivity contribution < 1.29 is 4.74 Å². The van der Waals surface area contributed by atoms with Crippen molar-refractivity contribution in [1.82, 2.24) is 0 Å². The maximum atomic E-state index is 4.92. The number of rotatable bonds is 2. The van der Waals surface area contributed by atoms with Gasteiger partial charge in [-0.15, -0.1) is 0 Å². The lowest BCUT2D eigenvalue weighted by Crippen LogP contribution is -2.07. The van der Waals surface area contributed by atoms with Crippen molar-refractivity contribution in [3.8, 4) is 0 Å². The molecule has 0 radical (unpaired) electrons. The molecule has 0 aromatic heterocycles. The van der Waals surface area contributed by atoms with Gasteiger partial charge in [0, 0.05) is 13.7 Å². The van der Waals surface area contributed by atoms with Gasteiger partial charge in [-0.1, -0.05) is 34.6 Å². The van der Waals surface area contributed by atoms with Gasteiger partial charge in [-0.3, -0.25) is 0 Å². The van der Waals surface area contributed by atoms with Gasteiger partial charge < -0.3 is 4.74 Å². The van der Waals surface area contributed by atoms with Crippen LogP contribution in [0.4, 0.5) is 0 Å². The van der Waals surface area contributed by atoms with E-state index < -0.39 is 0 Å². The van der Waals surface area contributed by atoms with Gasteiger partial charge in [0.1, 0.15) is 0 Å². The molecule has 0 heterocycles. The van der Waals surface area contributed by atoms with E-state index in [1.807, 2.05) is 13.8 Å². The molecule has 0 aromatic rings. The molecule has 0 aliphatic rings. The second-order valence-corrected chi connectivity index (χ2v) is 3.30. The molecule has 0 rings (SSSR count). The summed E-state index contributed by atoms with van der Waals surface area (Å²) in [7, 11) is 1.74. The van der Waals surface area contributed by atoms with Crippen LogP contribution in [-0.2, 0) is 4.74 Å². The van der Waals surface area contributed by atoms with E-state index in [0.29, 0.717) is 5.41 Å². The average molecular weight is 146 g/mol. The summed E-state index contributed by atoms with van der Waals surface area (Å²) in [6.45, 7) is 11.5. The topological polar surface area (TPSA) is 9.23 Å². The Morgan fingerprint density at radius 1 is 1.10 bits per heavy atom. The molecule has 0 aliphatic carbocycles. The van der Waals surface area contributed by atoms with Gasteiger partial charge >= 0.3 is 0 Å². The summed E-state index contributed by atoms with van der Waals surface area (Å²) in [5, 5.41) is 0. The normalized spacial score (nSPS) is 10.2. The summed E-state index contributed by atoms with van der Waals surface area (Å²) in [5.74, 6) is 0. The van der Waals surface area contributed by atoms with Crippen molar-refractivity contribution in [2.75, 3.05) is 13.7 Å². The minimum atomic E-state index is 0.427. The first-order chi connectivity index (χ1) is 4.56. The molecular weight excluding hydrogens is 124 g/mol. The highest BCUT2D eigenvalue weighted by Gasteiger charge is 2.07. The summed E-state index contributed by atoms with van der Waals surface area (Å²) < 4.78 is 4.92. The molecule has 0 saturated carbocycles. The minimum Gasteiger partial charge on any atom is -0.385 e. The number of ether oxygens (including phenoxy) is 1. The van der Waals surface area contributed by atoms with Crippen molar-refractivity contribution in [1.29, 1.82) is 0 Å².